The Bertz CT molecular complexity index is 707. The topological polar surface area (TPSA) is 142 Å². The molecule has 28 heavy (non-hydrogen) atoms. The molecule has 0 unspecified atom stereocenters. The molecule has 0 heterocycles. The van der Waals surface area contributed by atoms with Gasteiger partial charge in [0, 0.05) is 12.8 Å². The van der Waals surface area contributed by atoms with Crippen LogP contribution in [-0.4, -0.2) is 52.7 Å². The number of rotatable bonds is 8. The normalized spacial score (nSPS) is 18.6. The van der Waals surface area contributed by atoms with Crippen molar-refractivity contribution in [3.8, 4) is 0 Å². The first-order chi connectivity index (χ1) is 13.4. The Hall–Kier alpha value is -2.94. The number of alkyl carbamates (subject to hydrolysis) is 1. The number of Topliss-reactive ketones (excluding diaryl/α,β-unsaturated/α-hetero) is 1. The summed E-state index contributed by atoms with van der Waals surface area (Å²) < 4.78 is 4.99. The predicted molar refractivity (Wildman–Crippen MR) is 97.2 cm³/mol. The Morgan fingerprint density at radius 1 is 1.18 bits per heavy atom. The van der Waals surface area contributed by atoms with Crippen LogP contribution in [0.5, 0.6) is 0 Å². The van der Waals surface area contributed by atoms with Crippen molar-refractivity contribution in [1.29, 1.82) is 0 Å². The summed E-state index contributed by atoms with van der Waals surface area (Å²) in [6.45, 7) is -0.753. The highest BCUT2D eigenvalue weighted by atomic mass is 16.5. The molecule has 0 radical (unpaired) electrons. The molecule has 0 aromatic heterocycles. The zero-order valence-corrected chi connectivity index (χ0v) is 15.3. The molecule has 1 aromatic rings. The molecule has 1 aliphatic rings. The molecule has 0 saturated heterocycles. The summed E-state index contributed by atoms with van der Waals surface area (Å²) >= 11 is 0. The monoisotopic (exact) mass is 392 g/mol. The van der Waals surface area contributed by atoms with Crippen molar-refractivity contribution >= 4 is 23.8 Å². The van der Waals surface area contributed by atoms with Gasteiger partial charge in [-0.2, -0.15) is 0 Å². The number of hydrogen-bond acceptors (Lipinski definition) is 6. The van der Waals surface area contributed by atoms with Gasteiger partial charge in [0.15, 0.2) is 0 Å². The number of hydrogen-bond donors (Lipinski definition) is 4. The predicted octanol–water partition coefficient (Wildman–Crippen LogP) is 0.602. The smallest absolute Gasteiger partial charge is 0.408 e. The van der Waals surface area contributed by atoms with Crippen molar-refractivity contribution in [2.45, 2.75) is 44.4 Å². The molecule has 0 bridgehead atoms. The largest absolute Gasteiger partial charge is 0.480 e. The SMILES string of the molecule is O=C1CCC[C@@H]([C@@H](NC(=O)[C@H](CO)NC(=O)OCc2ccccc2)C(=O)O)C1. The van der Waals surface area contributed by atoms with Gasteiger partial charge in [0.2, 0.25) is 5.91 Å². The maximum atomic E-state index is 12.3. The third-order valence-corrected chi connectivity index (χ3v) is 4.56. The minimum atomic E-state index is -1.37. The molecule has 1 fully saturated rings. The van der Waals surface area contributed by atoms with Gasteiger partial charge in [0.25, 0.3) is 0 Å². The lowest BCUT2D eigenvalue weighted by Crippen LogP contribution is -2.55. The Labute approximate surface area is 162 Å². The fourth-order valence-corrected chi connectivity index (χ4v) is 3.08. The van der Waals surface area contributed by atoms with Crippen LogP contribution in [0.25, 0.3) is 0 Å². The number of carboxylic acids is 1. The molecule has 1 aliphatic carbocycles. The van der Waals surface area contributed by atoms with Gasteiger partial charge in [0.1, 0.15) is 24.5 Å². The number of carboxylic acid groups (broad SMARTS) is 1. The number of aliphatic carboxylic acids is 1. The molecule has 4 N–H and O–H groups in total. The van der Waals surface area contributed by atoms with Gasteiger partial charge in [-0.3, -0.25) is 9.59 Å². The number of aliphatic hydroxyl groups is 1. The third-order valence-electron chi connectivity index (χ3n) is 4.56. The number of carbonyl (C=O) groups is 4. The molecule has 1 aromatic carbocycles. The van der Waals surface area contributed by atoms with Crippen molar-refractivity contribution in [1.82, 2.24) is 10.6 Å². The minimum Gasteiger partial charge on any atom is -0.480 e. The molecule has 1 saturated carbocycles. The number of ether oxygens (including phenoxy) is 1. The van der Waals surface area contributed by atoms with Crippen molar-refractivity contribution in [2.75, 3.05) is 6.61 Å². The Kier molecular flexibility index (Phi) is 7.94. The van der Waals surface area contributed by atoms with Crippen LogP contribution in [0.15, 0.2) is 30.3 Å². The standard InChI is InChI=1S/C19H24N2O7/c22-10-15(20-19(27)28-11-12-5-2-1-3-6-12)17(24)21-16(18(25)26)13-7-4-8-14(23)9-13/h1-3,5-6,13,15-16,22H,4,7-11H2,(H,20,27)(H,21,24)(H,25,26)/t13-,15+,16-/m1/s1. The minimum absolute atomic E-state index is 0.0195. The van der Waals surface area contributed by atoms with Crippen LogP contribution in [0.2, 0.25) is 0 Å². The number of ketones is 1. The number of carbonyl (C=O) groups excluding carboxylic acids is 3. The van der Waals surface area contributed by atoms with Crippen molar-refractivity contribution in [3.05, 3.63) is 35.9 Å². The molecular formula is C19H24N2O7. The zero-order chi connectivity index (χ0) is 20.5. The van der Waals surface area contributed by atoms with E-state index in [4.69, 9.17) is 4.74 Å². The Morgan fingerprint density at radius 2 is 1.89 bits per heavy atom. The van der Waals surface area contributed by atoms with E-state index < -0.39 is 42.6 Å². The first-order valence-electron chi connectivity index (χ1n) is 9.03. The summed E-state index contributed by atoms with van der Waals surface area (Å²) in [5.41, 5.74) is 0.746. The zero-order valence-electron chi connectivity index (χ0n) is 15.3. The summed E-state index contributed by atoms with van der Waals surface area (Å²) in [6.07, 6.45) is 0.631. The van der Waals surface area contributed by atoms with E-state index in [2.05, 4.69) is 10.6 Å². The second-order valence-electron chi connectivity index (χ2n) is 6.66. The fourth-order valence-electron chi connectivity index (χ4n) is 3.08. The number of nitrogens with one attached hydrogen (secondary N) is 2. The van der Waals surface area contributed by atoms with Crippen LogP contribution in [0, 0.1) is 5.92 Å². The molecule has 0 aliphatic heterocycles. The Balaban J connectivity index is 1.90. The first-order valence-corrected chi connectivity index (χ1v) is 9.03. The summed E-state index contributed by atoms with van der Waals surface area (Å²) in [6, 6.07) is 6.25. The lowest BCUT2D eigenvalue weighted by molar-refractivity contribution is -0.144. The molecule has 152 valence electrons. The lowest BCUT2D eigenvalue weighted by Gasteiger charge is -2.28. The summed E-state index contributed by atoms with van der Waals surface area (Å²) in [5, 5.41) is 23.3. The van der Waals surface area contributed by atoms with Gasteiger partial charge in [-0.1, -0.05) is 30.3 Å². The highest BCUT2D eigenvalue weighted by Gasteiger charge is 2.35. The van der Waals surface area contributed by atoms with Crippen molar-refractivity contribution in [2.24, 2.45) is 5.92 Å². The average molecular weight is 392 g/mol. The molecule has 3 atom stereocenters. The van der Waals surface area contributed by atoms with Crippen LogP contribution in [-0.2, 0) is 25.7 Å². The van der Waals surface area contributed by atoms with E-state index in [1.54, 1.807) is 24.3 Å². The number of aliphatic hydroxyl groups excluding tert-OH is 1. The Morgan fingerprint density at radius 3 is 2.50 bits per heavy atom. The third kappa shape index (κ3) is 6.34. The highest BCUT2D eigenvalue weighted by molar-refractivity contribution is 5.90. The van der Waals surface area contributed by atoms with Gasteiger partial charge >= 0.3 is 12.1 Å². The molecule has 2 amide bonds. The quantitative estimate of drug-likeness (QED) is 0.507. The van der Waals surface area contributed by atoms with E-state index in [-0.39, 0.29) is 18.8 Å². The molecule has 9 heteroatoms. The first kappa shape index (κ1) is 21.4. The summed E-state index contributed by atoms with van der Waals surface area (Å²) in [5.74, 6) is -2.69. The van der Waals surface area contributed by atoms with Crippen LogP contribution in [0.3, 0.4) is 0 Å². The van der Waals surface area contributed by atoms with Crippen molar-refractivity contribution < 1.29 is 34.1 Å². The number of amides is 2. The maximum absolute atomic E-state index is 12.3. The van der Waals surface area contributed by atoms with E-state index in [1.807, 2.05) is 6.07 Å². The van der Waals surface area contributed by atoms with Crippen molar-refractivity contribution in [3.63, 3.8) is 0 Å². The van der Waals surface area contributed by atoms with E-state index in [0.717, 1.165) is 5.56 Å². The fraction of sp³-hybridized carbons (Fsp3) is 0.474. The van der Waals surface area contributed by atoms with Gasteiger partial charge in [-0.05, 0) is 24.3 Å². The van der Waals surface area contributed by atoms with Crippen LogP contribution in [0.1, 0.15) is 31.2 Å². The maximum Gasteiger partial charge on any atom is 0.408 e. The number of benzene rings is 1. The van der Waals surface area contributed by atoms with Crippen LogP contribution < -0.4 is 10.6 Å². The molecule has 2 rings (SSSR count). The lowest BCUT2D eigenvalue weighted by atomic mass is 9.83. The second kappa shape index (κ2) is 10.4. The van der Waals surface area contributed by atoms with Gasteiger partial charge in [0.05, 0.1) is 6.61 Å². The molecule has 9 nitrogen and oxygen atoms in total. The van der Waals surface area contributed by atoms with Gasteiger partial charge in [-0.15, -0.1) is 0 Å². The van der Waals surface area contributed by atoms with Gasteiger partial charge < -0.3 is 25.6 Å². The van der Waals surface area contributed by atoms with E-state index >= 15 is 0 Å². The van der Waals surface area contributed by atoms with E-state index in [9.17, 15) is 29.4 Å². The van der Waals surface area contributed by atoms with Crippen LogP contribution >= 0.6 is 0 Å². The average Bonchev–Trinajstić information content (AvgIpc) is 2.69. The van der Waals surface area contributed by atoms with E-state index in [0.29, 0.717) is 19.3 Å². The highest BCUT2D eigenvalue weighted by Crippen LogP contribution is 2.24. The molecule has 0 spiro atoms. The summed E-state index contributed by atoms with van der Waals surface area (Å²) in [7, 11) is 0. The molecular weight excluding hydrogens is 368 g/mol. The van der Waals surface area contributed by atoms with Crippen LogP contribution in [0.4, 0.5) is 4.79 Å². The van der Waals surface area contributed by atoms with E-state index in [1.165, 1.54) is 0 Å². The summed E-state index contributed by atoms with van der Waals surface area (Å²) in [4.78, 5) is 47.3. The van der Waals surface area contributed by atoms with Gasteiger partial charge in [-0.25, -0.2) is 9.59 Å². The second-order valence-corrected chi connectivity index (χ2v) is 6.66.